The average Bonchev–Trinajstić information content (AvgIpc) is 2.45. The molecule has 0 bridgehead atoms. The molecule has 2 aromatic carbocycles. The normalized spacial score (nSPS) is 9.47. The summed E-state index contributed by atoms with van der Waals surface area (Å²) in [5.74, 6) is 6.15. The van der Waals surface area contributed by atoms with E-state index in [0.29, 0.717) is 6.42 Å². The Labute approximate surface area is 112 Å². The molecule has 0 fully saturated rings. The summed E-state index contributed by atoms with van der Waals surface area (Å²) in [6.07, 6.45) is 0.409. The van der Waals surface area contributed by atoms with Gasteiger partial charge in [0.15, 0.2) is 0 Å². The largest absolute Gasteiger partial charge is 0.265 e. The van der Waals surface area contributed by atoms with Crippen molar-refractivity contribution in [3.05, 3.63) is 81.4 Å². The molecule has 0 saturated heterocycles. The van der Waals surface area contributed by atoms with Gasteiger partial charge in [0.2, 0.25) is 6.54 Å². The number of nitrogens with zero attached hydrogens (tertiary/aromatic N) is 1. The predicted octanol–water partition coefficient (Wildman–Crippen LogP) is 2.91. The summed E-state index contributed by atoms with van der Waals surface area (Å²) in [7, 11) is 0. The van der Waals surface area contributed by atoms with Crippen LogP contribution in [0.4, 0.5) is 0 Å². The van der Waals surface area contributed by atoms with E-state index >= 15 is 0 Å². The minimum atomic E-state index is -0.304. The van der Waals surface area contributed by atoms with Gasteiger partial charge in [-0.1, -0.05) is 48.2 Å². The Bertz CT molecular complexity index is 624. The molecule has 0 unspecified atom stereocenters. The van der Waals surface area contributed by atoms with Crippen LogP contribution in [0.15, 0.2) is 54.6 Å². The molecule has 0 atom stereocenters. The van der Waals surface area contributed by atoms with Crippen LogP contribution in [0, 0.1) is 22.0 Å². The molecule has 2 rings (SSSR count). The van der Waals surface area contributed by atoms with E-state index in [1.807, 2.05) is 54.6 Å². The smallest absolute Gasteiger partial charge is 0.207 e. The lowest BCUT2D eigenvalue weighted by atomic mass is 10.0. The summed E-state index contributed by atoms with van der Waals surface area (Å²) in [6, 6.07) is 17.2. The fourth-order valence-electron chi connectivity index (χ4n) is 1.73. The molecule has 0 aliphatic heterocycles. The third-order valence-electron chi connectivity index (χ3n) is 2.70. The van der Waals surface area contributed by atoms with Crippen molar-refractivity contribution < 1.29 is 4.92 Å². The van der Waals surface area contributed by atoms with Crippen LogP contribution in [0.25, 0.3) is 0 Å². The van der Waals surface area contributed by atoms with Crippen LogP contribution >= 0.6 is 0 Å². The Morgan fingerprint density at radius 3 is 2.37 bits per heavy atom. The first-order chi connectivity index (χ1) is 9.25. The molecule has 3 nitrogen and oxygen atoms in total. The van der Waals surface area contributed by atoms with Gasteiger partial charge in [-0.25, -0.2) is 0 Å². The van der Waals surface area contributed by atoms with Gasteiger partial charge in [-0.15, -0.1) is 0 Å². The highest BCUT2D eigenvalue weighted by Crippen LogP contribution is 2.08. The predicted molar refractivity (Wildman–Crippen MR) is 74.4 cm³/mol. The van der Waals surface area contributed by atoms with Gasteiger partial charge < -0.3 is 0 Å². The summed E-state index contributed by atoms with van der Waals surface area (Å²) < 4.78 is 0. The van der Waals surface area contributed by atoms with Gasteiger partial charge in [0.25, 0.3) is 0 Å². The fraction of sp³-hybridized carbons (Fsp3) is 0.125. The highest BCUT2D eigenvalue weighted by molar-refractivity contribution is 5.46. The second kappa shape index (κ2) is 6.36. The molecule has 94 valence electrons. The van der Waals surface area contributed by atoms with E-state index in [2.05, 4.69) is 11.8 Å². The van der Waals surface area contributed by atoms with Gasteiger partial charge in [-0.2, -0.15) is 0 Å². The average molecular weight is 251 g/mol. The topological polar surface area (TPSA) is 43.1 Å². The Kier molecular flexibility index (Phi) is 4.30. The molecule has 0 aliphatic rings. The number of benzene rings is 2. The van der Waals surface area contributed by atoms with E-state index in [9.17, 15) is 10.1 Å². The van der Waals surface area contributed by atoms with Gasteiger partial charge in [-0.05, 0) is 23.8 Å². The van der Waals surface area contributed by atoms with Crippen molar-refractivity contribution >= 4 is 0 Å². The lowest BCUT2D eigenvalue weighted by Gasteiger charge is -2.00. The lowest BCUT2D eigenvalue weighted by molar-refractivity contribution is -0.479. The first-order valence-corrected chi connectivity index (χ1v) is 6.02. The van der Waals surface area contributed by atoms with Crippen LogP contribution in [-0.4, -0.2) is 11.5 Å². The SMILES string of the molecule is O=[N+]([O-])CCc1ccccc1C#Cc1ccccc1. The van der Waals surface area contributed by atoms with Crippen LogP contribution in [0.2, 0.25) is 0 Å². The zero-order valence-corrected chi connectivity index (χ0v) is 10.4. The molecule has 0 heterocycles. The summed E-state index contributed by atoms with van der Waals surface area (Å²) in [5.41, 5.74) is 2.71. The zero-order valence-electron chi connectivity index (χ0n) is 10.4. The molecule has 0 aliphatic carbocycles. The molecular weight excluding hydrogens is 238 g/mol. The number of hydrogen-bond acceptors (Lipinski definition) is 2. The standard InChI is InChI=1S/C16H13NO2/c18-17(19)13-12-16-9-5-4-8-15(16)11-10-14-6-2-1-3-7-14/h1-9H,12-13H2. The second-order valence-electron chi connectivity index (χ2n) is 4.08. The summed E-state index contributed by atoms with van der Waals surface area (Å²) in [5, 5.41) is 10.4. The Morgan fingerprint density at radius 1 is 0.947 bits per heavy atom. The van der Waals surface area contributed by atoms with Gasteiger partial charge in [0.05, 0.1) is 0 Å². The number of hydrogen-bond donors (Lipinski definition) is 0. The molecule has 0 radical (unpaired) electrons. The van der Waals surface area contributed by atoms with E-state index in [1.54, 1.807) is 0 Å². The van der Waals surface area contributed by atoms with Crippen molar-refractivity contribution in [2.75, 3.05) is 6.54 Å². The van der Waals surface area contributed by atoms with Crippen molar-refractivity contribution in [3.63, 3.8) is 0 Å². The van der Waals surface area contributed by atoms with Crippen LogP contribution in [-0.2, 0) is 6.42 Å². The molecule has 3 heteroatoms. The first kappa shape index (κ1) is 12.8. The second-order valence-corrected chi connectivity index (χ2v) is 4.08. The Balaban J connectivity index is 2.21. The van der Waals surface area contributed by atoms with Crippen LogP contribution in [0.5, 0.6) is 0 Å². The first-order valence-electron chi connectivity index (χ1n) is 6.02. The molecule has 0 N–H and O–H groups in total. The molecule has 0 aromatic heterocycles. The molecule has 0 saturated carbocycles. The molecule has 2 aromatic rings. The maximum atomic E-state index is 10.4. The fourth-order valence-corrected chi connectivity index (χ4v) is 1.73. The van der Waals surface area contributed by atoms with Gasteiger partial charge in [0, 0.05) is 22.5 Å². The van der Waals surface area contributed by atoms with E-state index in [1.165, 1.54) is 0 Å². The van der Waals surface area contributed by atoms with Crippen molar-refractivity contribution in [1.29, 1.82) is 0 Å². The third-order valence-corrected chi connectivity index (χ3v) is 2.70. The lowest BCUT2D eigenvalue weighted by Crippen LogP contribution is -2.05. The molecule has 0 spiro atoms. The highest BCUT2D eigenvalue weighted by Gasteiger charge is 2.03. The molecular formula is C16H13NO2. The summed E-state index contributed by atoms with van der Waals surface area (Å²) >= 11 is 0. The number of nitro groups is 1. The zero-order chi connectivity index (χ0) is 13.5. The van der Waals surface area contributed by atoms with Crippen LogP contribution in [0.1, 0.15) is 16.7 Å². The number of rotatable bonds is 3. The van der Waals surface area contributed by atoms with E-state index in [4.69, 9.17) is 0 Å². The van der Waals surface area contributed by atoms with Gasteiger partial charge >= 0.3 is 0 Å². The maximum Gasteiger partial charge on any atom is 0.207 e. The van der Waals surface area contributed by atoms with E-state index in [0.717, 1.165) is 16.7 Å². The van der Waals surface area contributed by atoms with Crippen LogP contribution in [0.3, 0.4) is 0 Å². The quantitative estimate of drug-likeness (QED) is 0.478. The minimum Gasteiger partial charge on any atom is -0.265 e. The maximum absolute atomic E-state index is 10.4. The van der Waals surface area contributed by atoms with Gasteiger partial charge in [-0.3, -0.25) is 10.1 Å². The molecule has 19 heavy (non-hydrogen) atoms. The Hall–Kier alpha value is -2.60. The Morgan fingerprint density at radius 2 is 1.63 bits per heavy atom. The monoisotopic (exact) mass is 251 g/mol. The van der Waals surface area contributed by atoms with Crippen molar-refractivity contribution in [1.82, 2.24) is 0 Å². The minimum absolute atomic E-state index is 0.0654. The third kappa shape index (κ3) is 3.97. The van der Waals surface area contributed by atoms with Crippen molar-refractivity contribution in [3.8, 4) is 11.8 Å². The summed E-state index contributed by atoms with van der Waals surface area (Å²) in [6.45, 7) is -0.0654. The van der Waals surface area contributed by atoms with Crippen molar-refractivity contribution in [2.24, 2.45) is 0 Å². The molecule has 0 amide bonds. The van der Waals surface area contributed by atoms with Crippen LogP contribution < -0.4 is 0 Å². The van der Waals surface area contributed by atoms with Crippen molar-refractivity contribution in [2.45, 2.75) is 6.42 Å². The van der Waals surface area contributed by atoms with Gasteiger partial charge in [0.1, 0.15) is 0 Å². The van der Waals surface area contributed by atoms with E-state index in [-0.39, 0.29) is 11.5 Å². The summed E-state index contributed by atoms with van der Waals surface area (Å²) in [4.78, 5) is 10.1. The van der Waals surface area contributed by atoms with E-state index < -0.39 is 0 Å². The highest BCUT2D eigenvalue weighted by atomic mass is 16.6.